The van der Waals surface area contributed by atoms with E-state index in [-0.39, 0.29) is 0 Å². The molecule has 1 aliphatic heterocycles. The van der Waals surface area contributed by atoms with Crippen molar-refractivity contribution in [1.29, 1.82) is 0 Å². The molecule has 3 heterocycles. The molecule has 3 aromatic rings. The van der Waals surface area contributed by atoms with Gasteiger partial charge in [-0.1, -0.05) is 18.2 Å². The second-order valence-electron chi connectivity index (χ2n) is 7.31. The summed E-state index contributed by atoms with van der Waals surface area (Å²) in [6.07, 6.45) is 6.60. The molecule has 0 N–H and O–H groups in total. The Hall–Kier alpha value is -2.46. The third kappa shape index (κ3) is 2.76. The van der Waals surface area contributed by atoms with Crippen molar-refractivity contribution in [2.45, 2.75) is 32.4 Å². The lowest BCUT2D eigenvalue weighted by molar-refractivity contribution is 0.270. The minimum absolute atomic E-state index is 0.635. The first-order chi connectivity index (χ1) is 12.3. The van der Waals surface area contributed by atoms with E-state index >= 15 is 0 Å². The fourth-order valence-electron chi connectivity index (χ4n) is 4.02. The first-order valence-electron chi connectivity index (χ1n) is 8.93. The Morgan fingerprint density at radius 2 is 2.12 bits per heavy atom. The third-order valence-corrected chi connectivity index (χ3v) is 5.44. The predicted molar refractivity (Wildman–Crippen MR) is 95.9 cm³/mol. The number of fused-ring (bicyclic) bond motifs is 1. The van der Waals surface area contributed by atoms with E-state index in [9.17, 15) is 0 Å². The first kappa shape index (κ1) is 14.8. The Kier molecular flexibility index (Phi) is 3.45. The van der Waals surface area contributed by atoms with Crippen LogP contribution >= 0.6 is 0 Å². The van der Waals surface area contributed by atoms with Crippen molar-refractivity contribution < 1.29 is 4.42 Å². The standard InChI is InChI=1S/C21H21N3O/c1-14-5-6-20(23-10-14)18-9-16(18)12-24-11-15-3-2-4-17(19(15)13-24)21-22-7-8-25-21/h2-8,10,16,18H,9,11-13H2,1H3. The van der Waals surface area contributed by atoms with Gasteiger partial charge in [0.15, 0.2) is 0 Å². The summed E-state index contributed by atoms with van der Waals surface area (Å²) in [5.41, 5.74) is 6.40. The van der Waals surface area contributed by atoms with Crippen molar-refractivity contribution in [3.8, 4) is 11.5 Å². The molecule has 126 valence electrons. The van der Waals surface area contributed by atoms with Gasteiger partial charge in [-0.3, -0.25) is 9.88 Å². The molecule has 1 aromatic carbocycles. The molecule has 2 aromatic heterocycles. The zero-order chi connectivity index (χ0) is 16.8. The number of aryl methyl sites for hydroxylation is 1. The molecular formula is C21H21N3O. The number of pyridine rings is 1. The van der Waals surface area contributed by atoms with Crippen molar-refractivity contribution in [2.75, 3.05) is 6.54 Å². The van der Waals surface area contributed by atoms with Crippen LogP contribution in [0.25, 0.3) is 11.5 Å². The van der Waals surface area contributed by atoms with Gasteiger partial charge in [0.1, 0.15) is 6.26 Å². The van der Waals surface area contributed by atoms with Gasteiger partial charge < -0.3 is 4.42 Å². The molecule has 0 bridgehead atoms. The van der Waals surface area contributed by atoms with Gasteiger partial charge in [0.25, 0.3) is 0 Å². The van der Waals surface area contributed by atoms with Gasteiger partial charge in [-0.15, -0.1) is 0 Å². The molecule has 0 saturated heterocycles. The Bertz CT molecular complexity index is 886. The number of hydrogen-bond acceptors (Lipinski definition) is 4. The van der Waals surface area contributed by atoms with E-state index in [1.807, 2.05) is 6.20 Å². The summed E-state index contributed by atoms with van der Waals surface area (Å²) >= 11 is 0. The van der Waals surface area contributed by atoms with Crippen LogP contribution in [0.1, 0.15) is 34.7 Å². The van der Waals surface area contributed by atoms with Crippen molar-refractivity contribution in [3.05, 3.63) is 71.4 Å². The summed E-state index contributed by atoms with van der Waals surface area (Å²) < 4.78 is 5.52. The summed E-state index contributed by atoms with van der Waals surface area (Å²) in [5, 5.41) is 0. The summed E-state index contributed by atoms with van der Waals surface area (Å²) in [6.45, 7) is 5.24. The number of hydrogen-bond donors (Lipinski definition) is 0. The molecule has 1 fully saturated rings. The van der Waals surface area contributed by atoms with Gasteiger partial charge in [0.2, 0.25) is 5.89 Å². The Morgan fingerprint density at radius 1 is 1.16 bits per heavy atom. The SMILES string of the molecule is Cc1ccc(C2CC2CN2Cc3cccc(-c4ncco4)c3C2)nc1. The van der Waals surface area contributed by atoms with Crippen LogP contribution in [-0.4, -0.2) is 21.4 Å². The average molecular weight is 331 g/mol. The van der Waals surface area contributed by atoms with E-state index in [1.165, 1.54) is 28.8 Å². The highest BCUT2D eigenvalue weighted by Crippen LogP contribution is 2.48. The molecule has 1 aliphatic carbocycles. The van der Waals surface area contributed by atoms with Gasteiger partial charge in [-0.25, -0.2) is 4.98 Å². The van der Waals surface area contributed by atoms with Gasteiger partial charge in [-0.05, 0) is 48.1 Å². The maximum atomic E-state index is 5.52. The van der Waals surface area contributed by atoms with Crippen LogP contribution in [0.4, 0.5) is 0 Å². The van der Waals surface area contributed by atoms with Crippen molar-refractivity contribution >= 4 is 0 Å². The van der Waals surface area contributed by atoms with Crippen LogP contribution in [0.3, 0.4) is 0 Å². The van der Waals surface area contributed by atoms with E-state index in [1.54, 1.807) is 12.5 Å². The minimum atomic E-state index is 0.635. The number of nitrogens with zero attached hydrogens (tertiary/aromatic N) is 3. The molecule has 2 atom stereocenters. The topological polar surface area (TPSA) is 42.2 Å². The average Bonchev–Trinajstić information content (AvgIpc) is 3.02. The molecule has 5 rings (SSSR count). The fourth-order valence-corrected chi connectivity index (χ4v) is 4.02. The lowest BCUT2D eigenvalue weighted by Gasteiger charge is -2.14. The van der Waals surface area contributed by atoms with Crippen LogP contribution < -0.4 is 0 Å². The third-order valence-electron chi connectivity index (χ3n) is 5.44. The Labute approximate surface area is 147 Å². The zero-order valence-corrected chi connectivity index (χ0v) is 14.4. The summed E-state index contributed by atoms with van der Waals surface area (Å²) in [5.74, 6) is 2.09. The zero-order valence-electron chi connectivity index (χ0n) is 14.4. The molecule has 2 aliphatic rings. The highest BCUT2D eigenvalue weighted by molar-refractivity contribution is 5.61. The Morgan fingerprint density at radius 3 is 2.92 bits per heavy atom. The van der Waals surface area contributed by atoms with E-state index in [0.29, 0.717) is 5.92 Å². The maximum absolute atomic E-state index is 5.52. The van der Waals surface area contributed by atoms with Gasteiger partial charge in [0.05, 0.1) is 6.20 Å². The lowest BCUT2D eigenvalue weighted by Crippen LogP contribution is -2.19. The summed E-state index contributed by atoms with van der Waals surface area (Å²) in [7, 11) is 0. The molecule has 4 heteroatoms. The number of oxazole rings is 1. The van der Waals surface area contributed by atoms with Gasteiger partial charge in [-0.2, -0.15) is 0 Å². The number of benzene rings is 1. The maximum Gasteiger partial charge on any atom is 0.226 e. The summed E-state index contributed by atoms with van der Waals surface area (Å²) in [6, 6.07) is 10.8. The van der Waals surface area contributed by atoms with E-state index in [4.69, 9.17) is 4.42 Å². The highest BCUT2D eigenvalue weighted by Gasteiger charge is 2.41. The van der Waals surface area contributed by atoms with Gasteiger partial charge in [0, 0.05) is 43.0 Å². The van der Waals surface area contributed by atoms with Crippen molar-refractivity contribution in [3.63, 3.8) is 0 Å². The predicted octanol–water partition coefficient (Wildman–Crippen LogP) is 4.16. The molecular weight excluding hydrogens is 310 g/mol. The van der Waals surface area contributed by atoms with Crippen LogP contribution in [0.15, 0.2) is 53.4 Å². The van der Waals surface area contributed by atoms with Crippen LogP contribution in [0, 0.1) is 12.8 Å². The molecule has 25 heavy (non-hydrogen) atoms. The minimum Gasteiger partial charge on any atom is -0.445 e. The van der Waals surface area contributed by atoms with E-state index in [0.717, 1.165) is 37.0 Å². The van der Waals surface area contributed by atoms with Crippen LogP contribution in [0.2, 0.25) is 0 Å². The Balaban J connectivity index is 1.29. The number of aromatic nitrogens is 2. The molecule has 1 saturated carbocycles. The van der Waals surface area contributed by atoms with E-state index < -0.39 is 0 Å². The normalized spacial score (nSPS) is 22.1. The molecule has 0 amide bonds. The van der Waals surface area contributed by atoms with E-state index in [2.05, 4.69) is 52.1 Å². The monoisotopic (exact) mass is 331 g/mol. The fraction of sp³-hybridized carbons (Fsp3) is 0.333. The quantitative estimate of drug-likeness (QED) is 0.720. The molecule has 0 radical (unpaired) electrons. The number of rotatable bonds is 4. The molecule has 2 unspecified atom stereocenters. The second-order valence-corrected chi connectivity index (χ2v) is 7.31. The smallest absolute Gasteiger partial charge is 0.226 e. The molecule has 0 spiro atoms. The second kappa shape index (κ2) is 5.81. The van der Waals surface area contributed by atoms with Crippen molar-refractivity contribution in [2.24, 2.45) is 5.92 Å². The summed E-state index contributed by atoms with van der Waals surface area (Å²) in [4.78, 5) is 11.5. The van der Waals surface area contributed by atoms with Crippen LogP contribution in [-0.2, 0) is 13.1 Å². The highest BCUT2D eigenvalue weighted by atomic mass is 16.3. The van der Waals surface area contributed by atoms with Gasteiger partial charge >= 0.3 is 0 Å². The van der Waals surface area contributed by atoms with Crippen LogP contribution in [0.5, 0.6) is 0 Å². The largest absolute Gasteiger partial charge is 0.445 e. The van der Waals surface area contributed by atoms with Crippen molar-refractivity contribution in [1.82, 2.24) is 14.9 Å². The first-order valence-corrected chi connectivity index (χ1v) is 8.93. The lowest BCUT2D eigenvalue weighted by atomic mass is 10.0. The molecule has 4 nitrogen and oxygen atoms in total.